The summed E-state index contributed by atoms with van der Waals surface area (Å²) in [7, 11) is 0. The molecule has 1 atom stereocenters. The van der Waals surface area contributed by atoms with E-state index < -0.39 is 5.67 Å². The van der Waals surface area contributed by atoms with E-state index in [4.69, 9.17) is 4.98 Å². The molecule has 7 heteroatoms. The molecule has 1 aliphatic rings. The fourth-order valence-corrected chi connectivity index (χ4v) is 5.11. The summed E-state index contributed by atoms with van der Waals surface area (Å²) in [6.07, 6.45) is 9.27. The van der Waals surface area contributed by atoms with Crippen molar-refractivity contribution in [2.24, 2.45) is 5.92 Å². The molecule has 0 aliphatic heterocycles. The Morgan fingerprint density at radius 3 is 2.24 bits per heavy atom. The highest BCUT2D eigenvalue weighted by Crippen LogP contribution is 2.31. The van der Waals surface area contributed by atoms with Crippen LogP contribution in [0.4, 0.5) is 8.78 Å². The maximum atomic E-state index is 13.5. The largest absolute Gasteiger partial charge is 0.384 e. The van der Waals surface area contributed by atoms with Gasteiger partial charge in [0.25, 0.3) is 0 Å². The van der Waals surface area contributed by atoms with Gasteiger partial charge in [0, 0.05) is 41.5 Å². The number of carbonyl (C=O) groups excluding carboxylic acids is 1. The number of nitrogens with zero attached hydrogens (tertiary/aromatic N) is 2. The van der Waals surface area contributed by atoms with Crippen molar-refractivity contribution in [2.75, 3.05) is 13.1 Å². The summed E-state index contributed by atoms with van der Waals surface area (Å²) >= 11 is 0. The molecular formula is C43H62F2N4O. The molecule has 0 bridgehead atoms. The van der Waals surface area contributed by atoms with E-state index in [0.29, 0.717) is 12.3 Å². The predicted molar refractivity (Wildman–Crippen MR) is 211 cm³/mol. The molecule has 2 aromatic heterocycles. The van der Waals surface area contributed by atoms with Crippen LogP contribution in [0, 0.1) is 25.6 Å². The third kappa shape index (κ3) is 14.4. The first-order valence-corrected chi connectivity index (χ1v) is 17.7. The normalized spacial score (nSPS) is 12.8. The van der Waals surface area contributed by atoms with Gasteiger partial charge in [-0.1, -0.05) is 67.0 Å². The molecule has 1 unspecified atom stereocenters. The number of fused-ring (bicyclic) bond motifs is 1. The fraction of sp³-hybridized carbons (Fsp3) is 0.465. The van der Waals surface area contributed by atoms with Crippen LogP contribution in [0.2, 0.25) is 0 Å². The summed E-state index contributed by atoms with van der Waals surface area (Å²) in [5.74, 6) is 1.29. The van der Waals surface area contributed by atoms with Gasteiger partial charge < -0.3 is 10.6 Å². The van der Waals surface area contributed by atoms with Gasteiger partial charge in [0.15, 0.2) is 0 Å². The summed E-state index contributed by atoms with van der Waals surface area (Å²) in [5, 5.41) is 7.00. The molecule has 5 rings (SSSR count). The number of aryl methyl sites for hydroxylation is 1. The SMILES string of the molecule is C.C/C=C(\NCCc1cc(C(C)CC)c(C)c(-c2ccc(F)cc2)n1)c1cc(C)c2ncccc2c1.CC.CC(C)(F)CNC=O.CC1CC1. The number of hydrogen-bond donors (Lipinski definition) is 2. The first-order chi connectivity index (χ1) is 23.4. The van der Waals surface area contributed by atoms with Crippen LogP contribution in [0.1, 0.15) is 116 Å². The van der Waals surface area contributed by atoms with Crippen molar-refractivity contribution in [1.29, 1.82) is 0 Å². The lowest BCUT2D eigenvalue weighted by Gasteiger charge is -2.19. The molecule has 50 heavy (non-hydrogen) atoms. The highest BCUT2D eigenvalue weighted by Gasteiger charge is 2.16. The molecule has 4 aromatic rings. The number of rotatable bonds is 11. The molecule has 2 aromatic carbocycles. The van der Waals surface area contributed by atoms with E-state index in [1.165, 1.54) is 55.5 Å². The van der Waals surface area contributed by atoms with E-state index in [2.05, 4.69) is 87.5 Å². The zero-order valence-corrected chi connectivity index (χ0v) is 31.4. The molecular weight excluding hydrogens is 626 g/mol. The van der Waals surface area contributed by atoms with Gasteiger partial charge >= 0.3 is 0 Å². The molecule has 274 valence electrons. The van der Waals surface area contributed by atoms with Gasteiger partial charge in [0.05, 0.1) is 17.8 Å². The van der Waals surface area contributed by atoms with Crippen LogP contribution in [0.15, 0.2) is 66.9 Å². The van der Waals surface area contributed by atoms with Gasteiger partial charge in [0.2, 0.25) is 6.41 Å². The maximum absolute atomic E-state index is 13.5. The first-order valence-electron chi connectivity index (χ1n) is 17.7. The molecule has 1 aliphatic carbocycles. The number of nitrogens with one attached hydrogen (secondary N) is 2. The maximum Gasteiger partial charge on any atom is 0.207 e. The third-order valence-corrected chi connectivity index (χ3v) is 8.29. The van der Waals surface area contributed by atoms with E-state index in [-0.39, 0.29) is 19.8 Å². The van der Waals surface area contributed by atoms with Gasteiger partial charge in [0.1, 0.15) is 11.5 Å². The third-order valence-electron chi connectivity index (χ3n) is 8.29. The number of benzene rings is 2. The van der Waals surface area contributed by atoms with E-state index in [1.54, 1.807) is 0 Å². The summed E-state index contributed by atoms with van der Waals surface area (Å²) in [6.45, 7) is 20.7. The Labute approximate surface area is 301 Å². The van der Waals surface area contributed by atoms with E-state index in [0.717, 1.165) is 64.4 Å². The average Bonchev–Trinajstić information content (AvgIpc) is 3.89. The summed E-state index contributed by atoms with van der Waals surface area (Å²) in [6, 6.07) is 17.4. The second-order valence-corrected chi connectivity index (χ2v) is 13.1. The smallest absolute Gasteiger partial charge is 0.207 e. The van der Waals surface area contributed by atoms with Crippen LogP contribution < -0.4 is 10.6 Å². The number of alkyl halides is 1. The highest BCUT2D eigenvalue weighted by molar-refractivity contribution is 5.85. The van der Waals surface area contributed by atoms with Crippen LogP contribution in [-0.2, 0) is 11.2 Å². The van der Waals surface area contributed by atoms with Crippen LogP contribution in [-0.4, -0.2) is 35.1 Å². The Bertz CT molecular complexity index is 1620. The summed E-state index contributed by atoms with van der Waals surface area (Å²) < 4.78 is 25.9. The van der Waals surface area contributed by atoms with E-state index >= 15 is 0 Å². The minimum Gasteiger partial charge on any atom is -0.384 e. The first kappa shape index (κ1) is 43.9. The van der Waals surface area contributed by atoms with Crippen LogP contribution in [0.25, 0.3) is 27.9 Å². The number of carbonyl (C=O) groups is 1. The van der Waals surface area contributed by atoms with Gasteiger partial charge in [-0.15, -0.1) is 0 Å². The Morgan fingerprint density at radius 2 is 1.72 bits per heavy atom. The van der Waals surface area contributed by atoms with Gasteiger partial charge in [-0.2, -0.15) is 0 Å². The quantitative estimate of drug-likeness (QED) is 0.154. The van der Waals surface area contributed by atoms with Crippen LogP contribution in [0.3, 0.4) is 0 Å². The zero-order valence-electron chi connectivity index (χ0n) is 31.4. The fourth-order valence-electron chi connectivity index (χ4n) is 5.11. The van der Waals surface area contributed by atoms with Crippen molar-refractivity contribution in [3.05, 3.63) is 101 Å². The second-order valence-electron chi connectivity index (χ2n) is 13.1. The lowest BCUT2D eigenvalue weighted by Crippen LogP contribution is -2.29. The number of pyridine rings is 2. The predicted octanol–water partition coefficient (Wildman–Crippen LogP) is 11.3. The molecule has 1 saturated carbocycles. The van der Waals surface area contributed by atoms with Crippen molar-refractivity contribution in [2.45, 2.75) is 114 Å². The Hall–Kier alpha value is -4.13. The van der Waals surface area contributed by atoms with E-state index in [1.807, 2.05) is 38.2 Å². The molecule has 0 radical (unpaired) electrons. The minimum atomic E-state index is -1.29. The van der Waals surface area contributed by atoms with Crippen molar-refractivity contribution >= 4 is 23.0 Å². The number of amides is 1. The lowest BCUT2D eigenvalue weighted by molar-refractivity contribution is -0.110. The molecule has 5 nitrogen and oxygen atoms in total. The van der Waals surface area contributed by atoms with Gasteiger partial charge in [-0.3, -0.25) is 14.8 Å². The molecule has 0 spiro atoms. The minimum absolute atomic E-state index is 0. The van der Waals surface area contributed by atoms with E-state index in [9.17, 15) is 13.6 Å². The zero-order chi connectivity index (χ0) is 36.6. The second kappa shape index (κ2) is 21.8. The number of halogens is 2. The number of hydrogen-bond acceptors (Lipinski definition) is 4. The average molecular weight is 689 g/mol. The molecule has 1 fully saturated rings. The lowest BCUT2D eigenvalue weighted by atomic mass is 9.91. The standard InChI is InChI=1S/C31H34FN3.C5H10FNO.C4H8.C2H6.CH4/c1-6-20(3)28-19-27(35-31(22(28)5)23-10-12-26(32)13-11-23)14-16-33-29(7-2)25-17-21(4)30-24(18-25)9-8-15-34-30;1-5(2,6)3-7-4-8;1-4-2-3-4;1-2;/h7-13,15,17-20,33H,6,14,16H2,1-5H3;4H,3H2,1-2H3,(H,7,8);4H,2-3H2,1H3;1-2H3;1H4/b29-7-;;;;. The summed E-state index contributed by atoms with van der Waals surface area (Å²) in [5.41, 5.74) is 8.63. The van der Waals surface area contributed by atoms with Crippen molar-refractivity contribution < 1.29 is 13.6 Å². The molecule has 2 heterocycles. The molecule has 2 N–H and O–H groups in total. The highest BCUT2D eigenvalue weighted by atomic mass is 19.1. The van der Waals surface area contributed by atoms with Crippen LogP contribution in [0.5, 0.6) is 0 Å². The number of aromatic nitrogens is 2. The topological polar surface area (TPSA) is 66.9 Å². The van der Waals surface area contributed by atoms with Crippen molar-refractivity contribution in [1.82, 2.24) is 20.6 Å². The Balaban J connectivity index is 0.000000702. The molecule has 1 amide bonds. The molecule has 0 saturated heterocycles. The van der Waals surface area contributed by atoms with Gasteiger partial charge in [-0.05, 0) is 124 Å². The summed E-state index contributed by atoms with van der Waals surface area (Å²) in [4.78, 5) is 19.1. The van der Waals surface area contributed by atoms with Crippen molar-refractivity contribution in [3.63, 3.8) is 0 Å². The van der Waals surface area contributed by atoms with Crippen molar-refractivity contribution in [3.8, 4) is 11.3 Å². The monoisotopic (exact) mass is 688 g/mol. The van der Waals surface area contributed by atoms with Crippen LogP contribution >= 0.6 is 0 Å². The number of allylic oxidation sites excluding steroid dienone is 1. The van der Waals surface area contributed by atoms with Gasteiger partial charge in [-0.25, -0.2) is 8.78 Å². The Morgan fingerprint density at radius 1 is 1.08 bits per heavy atom. The Kier molecular flexibility index (Phi) is 19.2.